The number of nitrogens with zero attached hydrogens (tertiary/aromatic N) is 3. The van der Waals surface area contributed by atoms with E-state index in [0.717, 1.165) is 31.2 Å². The van der Waals surface area contributed by atoms with E-state index in [9.17, 15) is 0 Å². The van der Waals surface area contributed by atoms with Crippen LogP contribution in [-0.2, 0) is 16.1 Å². The number of aromatic nitrogens is 2. The maximum atomic E-state index is 5.80. The maximum absolute atomic E-state index is 5.80. The summed E-state index contributed by atoms with van der Waals surface area (Å²) in [6.45, 7) is 4.80. The number of anilines is 2. The van der Waals surface area contributed by atoms with Gasteiger partial charge in [0, 0.05) is 39.9 Å². The van der Waals surface area contributed by atoms with Gasteiger partial charge in [-0.05, 0) is 26.2 Å². The summed E-state index contributed by atoms with van der Waals surface area (Å²) in [6, 6.07) is 1.96. The van der Waals surface area contributed by atoms with Gasteiger partial charge < -0.3 is 19.7 Å². The Morgan fingerprint density at radius 2 is 2.29 bits per heavy atom. The van der Waals surface area contributed by atoms with E-state index in [4.69, 9.17) is 9.47 Å². The summed E-state index contributed by atoms with van der Waals surface area (Å²) in [5.74, 6) is 2.42. The molecule has 1 atom stereocenters. The highest BCUT2D eigenvalue weighted by Gasteiger charge is 2.17. The Morgan fingerprint density at radius 3 is 2.95 bits per heavy atom. The van der Waals surface area contributed by atoms with Crippen molar-refractivity contribution >= 4 is 11.6 Å². The summed E-state index contributed by atoms with van der Waals surface area (Å²) in [4.78, 5) is 11.1. The molecule has 6 heteroatoms. The fraction of sp³-hybridized carbons (Fsp3) is 0.733. The van der Waals surface area contributed by atoms with Crippen molar-refractivity contribution in [2.45, 2.75) is 38.9 Å². The molecule has 1 aromatic heterocycles. The molecule has 0 aliphatic carbocycles. The molecule has 1 N–H and O–H groups in total. The lowest BCUT2D eigenvalue weighted by Gasteiger charge is -2.28. The molecule has 0 aromatic carbocycles. The summed E-state index contributed by atoms with van der Waals surface area (Å²) in [7, 11) is 3.91. The summed E-state index contributed by atoms with van der Waals surface area (Å²) in [6.07, 6.45) is 3.85. The van der Waals surface area contributed by atoms with Crippen LogP contribution in [0.15, 0.2) is 6.07 Å². The molecule has 1 saturated heterocycles. The van der Waals surface area contributed by atoms with Crippen molar-refractivity contribution in [2.24, 2.45) is 0 Å². The minimum atomic E-state index is 0.298. The molecule has 0 radical (unpaired) electrons. The van der Waals surface area contributed by atoms with Crippen LogP contribution in [0.3, 0.4) is 0 Å². The number of hydrogen-bond acceptors (Lipinski definition) is 6. The smallest absolute Gasteiger partial charge is 0.158 e. The van der Waals surface area contributed by atoms with Crippen LogP contribution in [0, 0.1) is 0 Å². The first-order chi connectivity index (χ1) is 10.2. The normalized spacial score (nSPS) is 18.5. The molecule has 0 saturated carbocycles. The predicted molar refractivity (Wildman–Crippen MR) is 83.8 cm³/mol. The van der Waals surface area contributed by atoms with Crippen LogP contribution in [-0.4, -0.2) is 49.9 Å². The average molecular weight is 294 g/mol. The van der Waals surface area contributed by atoms with Crippen molar-refractivity contribution in [1.82, 2.24) is 9.97 Å². The van der Waals surface area contributed by atoms with Gasteiger partial charge in [-0.3, -0.25) is 0 Å². The third-order valence-corrected chi connectivity index (χ3v) is 3.59. The number of hydrogen-bond donors (Lipinski definition) is 1. The number of ether oxygens (including phenoxy) is 2. The molecule has 0 amide bonds. The van der Waals surface area contributed by atoms with Gasteiger partial charge in [-0.25, -0.2) is 9.97 Å². The van der Waals surface area contributed by atoms with Crippen molar-refractivity contribution in [3.8, 4) is 0 Å². The van der Waals surface area contributed by atoms with Gasteiger partial charge in [-0.2, -0.15) is 0 Å². The van der Waals surface area contributed by atoms with Gasteiger partial charge in [0.05, 0.1) is 6.10 Å². The lowest BCUT2D eigenvalue weighted by atomic mass is 10.1. The first-order valence-electron chi connectivity index (χ1n) is 7.69. The molecule has 0 bridgehead atoms. The summed E-state index contributed by atoms with van der Waals surface area (Å²) in [5, 5.41) is 3.08. The van der Waals surface area contributed by atoms with Crippen LogP contribution < -0.4 is 10.2 Å². The first-order valence-corrected chi connectivity index (χ1v) is 7.69. The van der Waals surface area contributed by atoms with Crippen molar-refractivity contribution in [1.29, 1.82) is 0 Å². The highest BCUT2D eigenvalue weighted by molar-refractivity contribution is 5.48. The second-order valence-electron chi connectivity index (χ2n) is 5.28. The molecule has 1 aliphatic rings. The second-order valence-corrected chi connectivity index (χ2v) is 5.28. The van der Waals surface area contributed by atoms with Crippen molar-refractivity contribution in [2.75, 3.05) is 44.1 Å². The van der Waals surface area contributed by atoms with Crippen LogP contribution in [0.25, 0.3) is 0 Å². The van der Waals surface area contributed by atoms with Crippen LogP contribution in [0.2, 0.25) is 0 Å². The fourth-order valence-electron chi connectivity index (χ4n) is 2.41. The fourth-order valence-corrected chi connectivity index (χ4v) is 2.41. The highest BCUT2D eigenvalue weighted by atomic mass is 16.5. The third kappa shape index (κ3) is 4.82. The highest BCUT2D eigenvalue weighted by Crippen LogP contribution is 2.19. The number of rotatable bonds is 7. The maximum Gasteiger partial charge on any atom is 0.158 e. The Bertz CT molecular complexity index is 436. The molecule has 2 heterocycles. The van der Waals surface area contributed by atoms with E-state index >= 15 is 0 Å². The number of nitrogens with one attached hydrogen (secondary N) is 1. The van der Waals surface area contributed by atoms with E-state index in [0.29, 0.717) is 25.1 Å². The minimum Gasteiger partial charge on any atom is -0.376 e. The zero-order valence-electron chi connectivity index (χ0n) is 13.3. The zero-order valence-corrected chi connectivity index (χ0v) is 13.3. The van der Waals surface area contributed by atoms with E-state index in [-0.39, 0.29) is 0 Å². The lowest BCUT2D eigenvalue weighted by Crippen LogP contribution is -2.34. The third-order valence-electron chi connectivity index (χ3n) is 3.59. The summed E-state index contributed by atoms with van der Waals surface area (Å²) in [5.41, 5.74) is 0. The molecule has 1 unspecified atom stereocenters. The van der Waals surface area contributed by atoms with E-state index in [1.165, 1.54) is 12.8 Å². The Labute approximate surface area is 126 Å². The zero-order chi connectivity index (χ0) is 15.1. The topological polar surface area (TPSA) is 59.5 Å². The number of likely N-dealkylation sites (N-methyl/N-ethyl adjacent to an activating group) is 1. The van der Waals surface area contributed by atoms with Crippen LogP contribution >= 0.6 is 0 Å². The Morgan fingerprint density at radius 1 is 1.43 bits per heavy atom. The Hall–Kier alpha value is -1.40. The van der Waals surface area contributed by atoms with Gasteiger partial charge in [-0.1, -0.05) is 0 Å². The van der Waals surface area contributed by atoms with Crippen LogP contribution in [0.5, 0.6) is 0 Å². The van der Waals surface area contributed by atoms with Gasteiger partial charge in [0.15, 0.2) is 5.82 Å². The van der Waals surface area contributed by atoms with Crippen LogP contribution in [0.1, 0.15) is 32.0 Å². The summed E-state index contributed by atoms with van der Waals surface area (Å²) >= 11 is 0. The molecule has 6 nitrogen and oxygen atoms in total. The SMILES string of the molecule is CCOCc1nc(NC)cc(N(C)CC2CCCCO2)n1. The van der Waals surface area contributed by atoms with Crippen LogP contribution in [0.4, 0.5) is 11.6 Å². The van der Waals surface area contributed by atoms with E-state index < -0.39 is 0 Å². The Kier molecular flexibility index (Phi) is 6.20. The first kappa shape index (κ1) is 16.0. The van der Waals surface area contributed by atoms with Gasteiger partial charge in [0.25, 0.3) is 0 Å². The van der Waals surface area contributed by atoms with E-state index in [1.807, 2.05) is 27.1 Å². The monoisotopic (exact) mass is 294 g/mol. The molecular formula is C15H26N4O2. The van der Waals surface area contributed by atoms with Crippen molar-refractivity contribution in [3.63, 3.8) is 0 Å². The van der Waals surface area contributed by atoms with Gasteiger partial charge in [0.1, 0.15) is 18.2 Å². The molecule has 0 spiro atoms. The van der Waals surface area contributed by atoms with Crippen molar-refractivity contribution < 1.29 is 9.47 Å². The van der Waals surface area contributed by atoms with Crippen molar-refractivity contribution in [3.05, 3.63) is 11.9 Å². The molecule has 2 rings (SSSR count). The molecular weight excluding hydrogens is 268 g/mol. The molecule has 21 heavy (non-hydrogen) atoms. The summed E-state index contributed by atoms with van der Waals surface area (Å²) < 4.78 is 11.2. The van der Waals surface area contributed by atoms with Gasteiger partial charge >= 0.3 is 0 Å². The van der Waals surface area contributed by atoms with Gasteiger partial charge in [0.2, 0.25) is 0 Å². The second kappa shape index (κ2) is 8.14. The standard InChI is InChI=1S/C15H26N4O2/c1-4-20-11-14-17-13(16-2)9-15(18-14)19(3)10-12-7-5-6-8-21-12/h9,12H,4-8,10-11H2,1-3H3,(H,16,17,18). The molecule has 118 valence electrons. The van der Waals surface area contributed by atoms with E-state index in [2.05, 4.69) is 20.2 Å². The molecule has 1 fully saturated rings. The van der Waals surface area contributed by atoms with E-state index in [1.54, 1.807) is 0 Å². The quantitative estimate of drug-likeness (QED) is 0.830. The Balaban J connectivity index is 2.05. The average Bonchev–Trinajstić information content (AvgIpc) is 2.53. The largest absolute Gasteiger partial charge is 0.376 e. The lowest BCUT2D eigenvalue weighted by molar-refractivity contribution is 0.0215. The molecule has 1 aromatic rings. The molecule has 1 aliphatic heterocycles. The predicted octanol–water partition coefficient (Wildman–Crippen LogP) is 2.06. The minimum absolute atomic E-state index is 0.298. The van der Waals surface area contributed by atoms with Gasteiger partial charge in [-0.15, -0.1) is 0 Å².